The highest BCUT2D eigenvalue weighted by Gasteiger charge is 2.11. The number of rotatable bonds is 6. The number of benzene rings is 1. The van der Waals surface area contributed by atoms with Crippen molar-refractivity contribution in [2.45, 2.75) is 19.0 Å². The molecule has 21 heavy (non-hydrogen) atoms. The molecule has 0 atom stereocenters. The smallest absolute Gasteiger partial charge is 0.210 e. The molecular weight excluding hydrogens is 356 g/mol. The Bertz CT molecular complexity index is 601. The van der Waals surface area contributed by atoms with Crippen LogP contribution in [0.4, 0.5) is 0 Å². The van der Waals surface area contributed by atoms with Crippen LogP contribution in [-0.2, 0) is 0 Å². The Hall–Kier alpha value is -1.54. The van der Waals surface area contributed by atoms with Gasteiger partial charge in [-0.3, -0.25) is 4.79 Å². The molecule has 2 aromatic rings. The van der Waals surface area contributed by atoms with E-state index in [9.17, 15) is 4.79 Å². The Labute approximate surface area is 137 Å². The maximum absolute atomic E-state index is 12.0. The quantitative estimate of drug-likeness (QED) is 0.475. The topological polar surface area (TPSA) is 83.0 Å². The molecule has 0 fully saturated rings. The van der Waals surface area contributed by atoms with E-state index in [0.29, 0.717) is 23.2 Å². The Balaban J connectivity index is 0.00000220. The van der Waals surface area contributed by atoms with Gasteiger partial charge in [-0.2, -0.15) is 0 Å². The van der Waals surface area contributed by atoms with Crippen LogP contribution < -0.4 is 10.6 Å². The summed E-state index contributed by atoms with van der Waals surface area (Å²) in [5, 5.41) is 8.27. The fourth-order valence-electron chi connectivity index (χ4n) is 1.57. The van der Waals surface area contributed by atoms with Crippen LogP contribution in [0.2, 0.25) is 0 Å². The Morgan fingerprint density at radius 2 is 2.00 bits per heavy atom. The molecule has 0 aliphatic carbocycles. The number of carbonyl (C=O) groups is 1. The molecule has 0 saturated carbocycles. The fraction of sp³-hybridized carbons (Fsp3) is 0.308. The first-order valence-corrected chi connectivity index (χ1v) is 7.16. The molecule has 0 aliphatic rings. The van der Waals surface area contributed by atoms with E-state index in [2.05, 4.69) is 10.2 Å². The Morgan fingerprint density at radius 1 is 1.33 bits per heavy atom. The number of hydrogen-bond acceptors (Lipinski definition) is 6. The zero-order valence-electron chi connectivity index (χ0n) is 11.8. The molecule has 1 heterocycles. The number of nitrogen functional groups attached to an aromatic ring is 1. The van der Waals surface area contributed by atoms with Crippen molar-refractivity contribution in [2.75, 3.05) is 18.2 Å². The summed E-state index contributed by atoms with van der Waals surface area (Å²) in [6, 6.07) is 7.09. The number of nitrogens with zero attached hydrogens (tertiary/aromatic N) is 3. The molecule has 0 saturated heterocycles. The van der Waals surface area contributed by atoms with E-state index < -0.39 is 0 Å². The summed E-state index contributed by atoms with van der Waals surface area (Å²) < 4.78 is 6.70. The monoisotopic (exact) mass is 372 g/mol. The number of aryl methyl sites for hydroxylation is 1. The first-order valence-electron chi connectivity index (χ1n) is 6.17. The lowest BCUT2D eigenvalue weighted by atomic mass is 10.1. The molecule has 114 valence electrons. The number of ether oxygens (including phenoxy) is 1. The van der Waals surface area contributed by atoms with Gasteiger partial charge in [0.1, 0.15) is 11.6 Å². The number of thioether (sulfide) groups is 1. The minimum atomic E-state index is 0. The maximum Gasteiger partial charge on any atom is 0.210 e. The van der Waals surface area contributed by atoms with Gasteiger partial charge in [0.25, 0.3) is 0 Å². The van der Waals surface area contributed by atoms with Crippen LogP contribution in [-0.4, -0.2) is 33.0 Å². The molecule has 0 amide bonds. The molecule has 0 spiro atoms. The summed E-state index contributed by atoms with van der Waals surface area (Å²) in [4.78, 5) is 12.0. The highest BCUT2D eigenvalue weighted by Crippen LogP contribution is 2.18. The molecule has 6 nitrogen and oxygen atoms in total. The van der Waals surface area contributed by atoms with Gasteiger partial charge in [0.2, 0.25) is 5.16 Å². The Morgan fingerprint density at radius 3 is 2.52 bits per heavy atom. The second-order valence-electron chi connectivity index (χ2n) is 4.07. The van der Waals surface area contributed by atoms with E-state index in [1.54, 1.807) is 31.2 Å². The second kappa shape index (κ2) is 8.04. The van der Waals surface area contributed by atoms with Crippen molar-refractivity contribution in [3.63, 3.8) is 0 Å². The predicted molar refractivity (Wildman–Crippen MR) is 87.9 cm³/mol. The number of carbonyl (C=O) groups excluding carboxylic acids is 1. The maximum atomic E-state index is 12.0. The minimum Gasteiger partial charge on any atom is -0.494 e. The molecule has 2 N–H and O–H groups in total. The van der Waals surface area contributed by atoms with Gasteiger partial charge in [0.15, 0.2) is 5.78 Å². The molecule has 2 rings (SSSR count). The van der Waals surface area contributed by atoms with E-state index in [1.165, 1.54) is 16.4 Å². The molecule has 0 aliphatic heterocycles. The first kappa shape index (κ1) is 17.5. The number of hydrogen-bond donors (Lipinski definition) is 1. The lowest BCUT2D eigenvalue weighted by Gasteiger charge is -2.04. The van der Waals surface area contributed by atoms with Gasteiger partial charge in [-0.05, 0) is 38.1 Å². The third-order valence-electron chi connectivity index (χ3n) is 2.65. The second-order valence-corrected chi connectivity index (χ2v) is 5.01. The van der Waals surface area contributed by atoms with E-state index >= 15 is 0 Å². The van der Waals surface area contributed by atoms with Crippen molar-refractivity contribution in [1.29, 1.82) is 0 Å². The normalized spacial score (nSPS) is 10.0. The van der Waals surface area contributed by atoms with Crippen LogP contribution in [0.5, 0.6) is 5.75 Å². The lowest BCUT2D eigenvalue weighted by Crippen LogP contribution is -2.12. The van der Waals surface area contributed by atoms with Gasteiger partial charge >= 0.3 is 0 Å². The number of aromatic nitrogens is 3. The van der Waals surface area contributed by atoms with Crippen molar-refractivity contribution in [3.8, 4) is 5.75 Å². The zero-order valence-corrected chi connectivity index (χ0v) is 14.3. The molecule has 1 aromatic carbocycles. The SMILES string of the molecule is Br.CCOc1ccc(C(=O)CSc2nnc(C)n2N)cc1. The van der Waals surface area contributed by atoms with Crippen molar-refractivity contribution in [3.05, 3.63) is 35.7 Å². The van der Waals surface area contributed by atoms with Crippen LogP contribution in [0.15, 0.2) is 29.4 Å². The van der Waals surface area contributed by atoms with E-state index in [1.807, 2.05) is 6.92 Å². The van der Waals surface area contributed by atoms with Crippen LogP contribution in [0.3, 0.4) is 0 Å². The van der Waals surface area contributed by atoms with Gasteiger partial charge < -0.3 is 10.6 Å². The summed E-state index contributed by atoms with van der Waals surface area (Å²) in [5.41, 5.74) is 0.640. The van der Waals surface area contributed by atoms with Crippen LogP contribution >= 0.6 is 28.7 Å². The van der Waals surface area contributed by atoms with E-state index in [4.69, 9.17) is 10.6 Å². The molecule has 1 aromatic heterocycles. The zero-order chi connectivity index (χ0) is 14.5. The molecule has 8 heteroatoms. The van der Waals surface area contributed by atoms with Gasteiger partial charge in [-0.15, -0.1) is 27.2 Å². The minimum absolute atomic E-state index is 0. The average Bonchev–Trinajstić information content (AvgIpc) is 2.77. The van der Waals surface area contributed by atoms with Gasteiger partial charge in [-0.1, -0.05) is 11.8 Å². The average molecular weight is 373 g/mol. The van der Waals surface area contributed by atoms with Crippen LogP contribution in [0.1, 0.15) is 23.1 Å². The van der Waals surface area contributed by atoms with Crippen LogP contribution in [0.25, 0.3) is 0 Å². The molecule has 0 bridgehead atoms. The highest BCUT2D eigenvalue weighted by molar-refractivity contribution is 8.93. The van der Waals surface area contributed by atoms with Crippen molar-refractivity contribution < 1.29 is 9.53 Å². The fourth-order valence-corrected chi connectivity index (χ4v) is 2.36. The number of Topliss-reactive ketones (excluding diaryl/α,β-unsaturated/α-hetero) is 1. The summed E-state index contributed by atoms with van der Waals surface area (Å²) in [5.74, 6) is 7.37. The predicted octanol–water partition coefficient (Wildman–Crippen LogP) is 2.25. The summed E-state index contributed by atoms with van der Waals surface area (Å²) >= 11 is 1.27. The van der Waals surface area contributed by atoms with Crippen molar-refractivity contribution in [2.24, 2.45) is 0 Å². The van der Waals surface area contributed by atoms with Gasteiger partial charge in [0, 0.05) is 5.56 Å². The summed E-state index contributed by atoms with van der Waals surface area (Å²) in [6.07, 6.45) is 0. The van der Waals surface area contributed by atoms with Crippen molar-refractivity contribution in [1.82, 2.24) is 14.9 Å². The molecule has 0 radical (unpaired) electrons. The number of ketones is 1. The third-order valence-corrected chi connectivity index (χ3v) is 3.60. The number of nitrogens with two attached hydrogens (primary N) is 1. The highest BCUT2D eigenvalue weighted by atomic mass is 79.9. The molecule has 0 unspecified atom stereocenters. The first-order chi connectivity index (χ1) is 9.61. The van der Waals surface area contributed by atoms with Crippen LogP contribution in [0, 0.1) is 6.92 Å². The Kier molecular flexibility index (Phi) is 6.70. The molecular formula is C13H17BrN4O2S. The third kappa shape index (κ3) is 4.47. The van der Waals surface area contributed by atoms with Gasteiger partial charge in [0.05, 0.1) is 12.4 Å². The largest absolute Gasteiger partial charge is 0.494 e. The summed E-state index contributed by atoms with van der Waals surface area (Å²) in [7, 11) is 0. The van der Waals surface area contributed by atoms with Gasteiger partial charge in [-0.25, -0.2) is 4.68 Å². The van der Waals surface area contributed by atoms with E-state index in [0.717, 1.165) is 5.75 Å². The standard InChI is InChI=1S/C13H16N4O2S.BrH/c1-3-19-11-6-4-10(5-7-11)12(18)8-20-13-16-15-9(2)17(13)14;/h4-7H,3,8,14H2,1-2H3;1H. The summed E-state index contributed by atoms with van der Waals surface area (Å²) in [6.45, 7) is 4.28. The number of halogens is 1. The van der Waals surface area contributed by atoms with E-state index in [-0.39, 0.29) is 28.5 Å². The van der Waals surface area contributed by atoms with Crippen molar-refractivity contribution >= 4 is 34.5 Å². The lowest BCUT2D eigenvalue weighted by molar-refractivity contribution is 0.102.